The van der Waals surface area contributed by atoms with E-state index in [4.69, 9.17) is 11.6 Å². The van der Waals surface area contributed by atoms with Crippen LogP contribution >= 0.6 is 27.5 Å². The predicted octanol–water partition coefficient (Wildman–Crippen LogP) is 2.79. The average Bonchev–Trinajstić information content (AvgIpc) is 2.92. The third kappa shape index (κ3) is 2.10. The molecule has 0 spiro atoms. The summed E-state index contributed by atoms with van der Waals surface area (Å²) in [6.45, 7) is 0. The molecule has 1 saturated carbocycles. The van der Waals surface area contributed by atoms with E-state index in [1.54, 1.807) is 6.20 Å². The van der Waals surface area contributed by atoms with Gasteiger partial charge in [-0.15, -0.1) is 0 Å². The monoisotopic (exact) mass is 274 g/mol. The van der Waals surface area contributed by atoms with Gasteiger partial charge in [-0.1, -0.05) is 11.6 Å². The highest BCUT2D eigenvalue weighted by Gasteiger charge is 2.41. The molecule has 14 heavy (non-hydrogen) atoms. The summed E-state index contributed by atoms with van der Waals surface area (Å²) in [5.74, 6) is 0. The highest BCUT2D eigenvalue weighted by atomic mass is 79.9. The summed E-state index contributed by atoms with van der Waals surface area (Å²) >= 11 is 9.43. The van der Waals surface area contributed by atoms with Crippen LogP contribution in [0, 0.1) is 0 Å². The minimum absolute atomic E-state index is 0.284. The van der Waals surface area contributed by atoms with Gasteiger partial charge >= 0.3 is 0 Å². The SMILES string of the molecule is CNC1(Cc2cc(Br)cnc2Cl)CC1. The molecule has 0 atom stereocenters. The van der Waals surface area contributed by atoms with E-state index in [9.17, 15) is 0 Å². The molecule has 1 heterocycles. The standard InChI is InChI=1S/C10H12BrClN2/c1-13-10(2-3-10)5-7-4-8(11)6-14-9(7)12/h4,6,13H,2-3,5H2,1H3. The van der Waals surface area contributed by atoms with Gasteiger partial charge in [0.2, 0.25) is 0 Å². The molecule has 1 aromatic rings. The van der Waals surface area contributed by atoms with Crippen LogP contribution in [-0.2, 0) is 6.42 Å². The van der Waals surface area contributed by atoms with E-state index >= 15 is 0 Å². The van der Waals surface area contributed by atoms with E-state index in [1.165, 1.54) is 12.8 Å². The Morgan fingerprint density at radius 2 is 2.36 bits per heavy atom. The summed E-state index contributed by atoms with van der Waals surface area (Å²) in [5, 5.41) is 3.97. The van der Waals surface area contributed by atoms with Gasteiger partial charge in [0.05, 0.1) is 0 Å². The molecule has 0 radical (unpaired) electrons. The molecule has 1 N–H and O–H groups in total. The van der Waals surface area contributed by atoms with E-state index in [2.05, 4.69) is 26.2 Å². The molecule has 0 amide bonds. The van der Waals surface area contributed by atoms with Gasteiger partial charge in [0.15, 0.2) is 0 Å². The summed E-state index contributed by atoms with van der Waals surface area (Å²) in [6, 6.07) is 2.05. The lowest BCUT2D eigenvalue weighted by molar-refractivity contribution is 0.548. The Bertz CT molecular complexity index is 350. The van der Waals surface area contributed by atoms with Crippen LogP contribution in [0.25, 0.3) is 0 Å². The molecular weight excluding hydrogens is 263 g/mol. The summed E-state index contributed by atoms with van der Waals surface area (Å²) in [4.78, 5) is 4.12. The molecule has 1 aliphatic rings. The Labute approximate surface area is 97.2 Å². The van der Waals surface area contributed by atoms with Crippen LogP contribution < -0.4 is 5.32 Å². The number of likely N-dealkylation sites (N-methyl/N-ethyl adjacent to an activating group) is 1. The Morgan fingerprint density at radius 3 is 2.93 bits per heavy atom. The number of pyridine rings is 1. The molecule has 0 aromatic carbocycles. The van der Waals surface area contributed by atoms with Crippen LogP contribution in [0.4, 0.5) is 0 Å². The summed E-state index contributed by atoms with van der Waals surface area (Å²) < 4.78 is 0.990. The van der Waals surface area contributed by atoms with E-state index in [0.717, 1.165) is 16.5 Å². The van der Waals surface area contributed by atoms with Crippen molar-refractivity contribution in [3.8, 4) is 0 Å². The van der Waals surface area contributed by atoms with Crippen molar-refractivity contribution < 1.29 is 0 Å². The van der Waals surface area contributed by atoms with Crippen molar-refractivity contribution in [2.45, 2.75) is 24.8 Å². The minimum Gasteiger partial charge on any atom is -0.314 e. The van der Waals surface area contributed by atoms with Crippen molar-refractivity contribution in [2.24, 2.45) is 0 Å². The van der Waals surface area contributed by atoms with Crippen LogP contribution in [0.15, 0.2) is 16.7 Å². The van der Waals surface area contributed by atoms with Crippen molar-refractivity contribution in [3.63, 3.8) is 0 Å². The molecule has 1 aromatic heterocycles. The summed E-state index contributed by atoms with van der Waals surface area (Å²) in [7, 11) is 2.01. The smallest absolute Gasteiger partial charge is 0.132 e. The number of nitrogens with zero attached hydrogens (tertiary/aromatic N) is 1. The molecule has 0 unspecified atom stereocenters. The molecule has 2 rings (SSSR count). The Balaban J connectivity index is 2.20. The van der Waals surface area contributed by atoms with Crippen LogP contribution in [0.5, 0.6) is 0 Å². The Morgan fingerprint density at radius 1 is 1.64 bits per heavy atom. The number of aromatic nitrogens is 1. The van der Waals surface area contributed by atoms with Crippen LogP contribution in [0.3, 0.4) is 0 Å². The molecule has 2 nitrogen and oxygen atoms in total. The molecule has 1 aliphatic carbocycles. The fourth-order valence-corrected chi connectivity index (χ4v) is 2.17. The van der Waals surface area contributed by atoms with Crippen molar-refractivity contribution >= 4 is 27.5 Å². The maximum atomic E-state index is 6.03. The van der Waals surface area contributed by atoms with Crippen molar-refractivity contribution in [3.05, 3.63) is 27.5 Å². The quantitative estimate of drug-likeness (QED) is 0.858. The maximum Gasteiger partial charge on any atom is 0.132 e. The third-order valence-electron chi connectivity index (χ3n) is 2.79. The first-order valence-electron chi connectivity index (χ1n) is 4.64. The lowest BCUT2D eigenvalue weighted by Gasteiger charge is -2.14. The zero-order chi connectivity index (χ0) is 10.2. The Kier molecular flexibility index (Phi) is 2.82. The van der Waals surface area contributed by atoms with Gasteiger partial charge in [-0.05, 0) is 53.9 Å². The van der Waals surface area contributed by atoms with Gasteiger partial charge in [0.1, 0.15) is 5.15 Å². The summed E-state index contributed by atoms with van der Waals surface area (Å²) in [5.41, 5.74) is 1.40. The highest BCUT2D eigenvalue weighted by Crippen LogP contribution is 2.39. The second-order valence-electron chi connectivity index (χ2n) is 3.81. The number of nitrogens with one attached hydrogen (secondary N) is 1. The molecule has 0 aliphatic heterocycles. The first-order chi connectivity index (χ1) is 6.65. The van der Waals surface area contributed by atoms with Gasteiger partial charge in [-0.25, -0.2) is 4.98 Å². The van der Waals surface area contributed by atoms with Crippen molar-refractivity contribution in [1.82, 2.24) is 10.3 Å². The molecule has 1 fully saturated rings. The normalized spacial score (nSPS) is 18.2. The Hall–Kier alpha value is -0.120. The first kappa shape index (κ1) is 10.4. The van der Waals surface area contributed by atoms with Crippen LogP contribution in [-0.4, -0.2) is 17.6 Å². The molecule has 0 saturated heterocycles. The first-order valence-corrected chi connectivity index (χ1v) is 5.81. The second kappa shape index (κ2) is 3.80. The van der Waals surface area contributed by atoms with Crippen molar-refractivity contribution in [1.29, 1.82) is 0 Å². The summed E-state index contributed by atoms with van der Waals surface area (Å²) in [6.07, 6.45) is 5.15. The highest BCUT2D eigenvalue weighted by molar-refractivity contribution is 9.10. The van der Waals surface area contributed by atoms with E-state index in [0.29, 0.717) is 5.15 Å². The number of rotatable bonds is 3. The van der Waals surface area contributed by atoms with E-state index in [-0.39, 0.29) is 5.54 Å². The molecular formula is C10H12BrClN2. The van der Waals surface area contributed by atoms with Crippen LogP contribution in [0.1, 0.15) is 18.4 Å². The minimum atomic E-state index is 0.284. The van der Waals surface area contributed by atoms with Crippen LogP contribution in [0.2, 0.25) is 5.15 Å². The van der Waals surface area contributed by atoms with Gasteiger partial charge in [0.25, 0.3) is 0 Å². The second-order valence-corrected chi connectivity index (χ2v) is 5.08. The van der Waals surface area contributed by atoms with E-state index in [1.807, 2.05) is 13.1 Å². The molecule has 76 valence electrons. The largest absolute Gasteiger partial charge is 0.314 e. The lowest BCUT2D eigenvalue weighted by atomic mass is 10.1. The number of hydrogen-bond acceptors (Lipinski definition) is 2. The predicted molar refractivity (Wildman–Crippen MR) is 61.7 cm³/mol. The fourth-order valence-electron chi connectivity index (χ4n) is 1.62. The lowest BCUT2D eigenvalue weighted by Crippen LogP contribution is -2.29. The van der Waals surface area contributed by atoms with Gasteiger partial charge in [-0.3, -0.25) is 0 Å². The van der Waals surface area contributed by atoms with E-state index < -0.39 is 0 Å². The van der Waals surface area contributed by atoms with Gasteiger partial charge in [0, 0.05) is 16.2 Å². The molecule has 4 heteroatoms. The fraction of sp³-hybridized carbons (Fsp3) is 0.500. The number of hydrogen-bond donors (Lipinski definition) is 1. The third-order valence-corrected chi connectivity index (χ3v) is 3.57. The van der Waals surface area contributed by atoms with Crippen molar-refractivity contribution in [2.75, 3.05) is 7.05 Å². The number of halogens is 2. The molecule has 0 bridgehead atoms. The maximum absolute atomic E-state index is 6.03. The van der Waals surface area contributed by atoms with Gasteiger partial charge in [-0.2, -0.15) is 0 Å². The average molecular weight is 276 g/mol. The topological polar surface area (TPSA) is 24.9 Å². The van der Waals surface area contributed by atoms with Gasteiger partial charge < -0.3 is 5.32 Å². The zero-order valence-electron chi connectivity index (χ0n) is 7.98. The zero-order valence-corrected chi connectivity index (χ0v) is 10.3.